The Hall–Kier alpha value is -0.970. The predicted octanol–water partition coefficient (Wildman–Crippen LogP) is 4.77. The summed E-state index contributed by atoms with van der Waals surface area (Å²) < 4.78 is 6.38. The number of ether oxygens (including phenoxy) is 1. The average molecular weight is 362 g/mol. The Morgan fingerprint density at radius 3 is 2.68 bits per heavy atom. The highest BCUT2D eigenvalue weighted by atomic mass is 79.9. The van der Waals surface area contributed by atoms with Gasteiger partial charge in [0, 0.05) is 29.3 Å². The lowest BCUT2D eigenvalue weighted by atomic mass is 10.3. The number of anilines is 1. The summed E-state index contributed by atoms with van der Waals surface area (Å²) in [5.74, 6) is 1.36. The number of hydrogen-bond acceptors (Lipinski definition) is 3. The normalized spacial score (nSPS) is 10.3. The van der Waals surface area contributed by atoms with Crippen LogP contribution in [-0.2, 0) is 6.61 Å². The molecule has 1 aromatic heterocycles. The van der Waals surface area contributed by atoms with Gasteiger partial charge in [-0.3, -0.25) is 0 Å². The van der Waals surface area contributed by atoms with Crippen LogP contribution in [0.3, 0.4) is 0 Å². The first kappa shape index (κ1) is 14.4. The molecule has 2 rings (SSSR count). The van der Waals surface area contributed by atoms with Crippen molar-refractivity contribution >= 4 is 44.9 Å². The number of nitrogens with one attached hydrogen (secondary N) is 1. The van der Waals surface area contributed by atoms with Crippen molar-refractivity contribution in [2.45, 2.75) is 6.61 Å². The number of hydrogen-bond donors (Lipinski definition) is 1. The maximum Gasteiger partial charge on any atom is 0.139 e. The lowest BCUT2D eigenvalue weighted by Crippen LogP contribution is -1.98. The highest BCUT2D eigenvalue weighted by molar-refractivity contribution is 9.10. The molecule has 0 bridgehead atoms. The third-order valence-corrected chi connectivity index (χ3v) is 3.94. The van der Waals surface area contributed by atoms with Crippen LogP contribution in [0, 0.1) is 0 Å². The smallest absolute Gasteiger partial charge is 0.139 e. The van der Waals surface area contributed by atoms with Crippen molar-refractivity contribution in [3.63, 3.8) is 0 Å². The minimum Gasteiger partial charge on any atom is -0.487 e. The van der Waals surface area contributed by atoms with E-state index in [4.69, 9.17) is 27.9 Å². The van der Waals surface area contributed by atoms with Gasteiger partial charge in [-0.1, -0.05) is 29.3 Å². The number of benzene rings is 1. The number of rotatable bonds is 4. The second-order valence-electron chi connectivity index (χ2n) is 3.79. The molecule has 0 radical (unpaired) electrons. The second kappa shape index (κ2) is 6.46. The summed E-state index contributed by atoms with van der Waals surface area (Å²) in [4.78, 5) is 4.21. The van der Waals surface area contributed by atoms with Gasteiger partial charge in [0.05, 0.1) is 10.0 Å². The first-order valence-corrected chi connectivity index (χ1v) is 7.05. The van der Waals surface area contributed by atoms with Crippen molar-refractivity contribution in [1.29, 1.82) is 0 Å². The minimum absolute atomic E-state index is 0.384. The van der Waals surface area contributed by atoms with Gasteiger partial charge in [-0.05, 0) is 28.1 Å². The Bertz CT molecular complexity index is 576. The van der Waals surface area contributed by atoms with E-state index >= 15 is 0 Å². The molecule has 100 valence electrons. The van der Waals surface area contributed by atoms with Crippen molar-refractivity contribution in [1.82, 2.24) is 4.98 Å². The van der Waals surface area contributed by atoms with E-state index in [0.29, 0.717) is 22.4 Å². The van der Waals surface area contributed by atoms with Crippen LogP contribution in [0.1, 0.15) is 5.56 Å². The largest absolute Gasteiger partial charge is 0.487 e. The zero-order valence-corrected chi connectivity index (χ0v) is 13.2. The van der Waals surface area contributed by atoms with Gasteiger partial charge in [0.2, 0.25) is 0 Å². The number of aromatic nitrogens is 1. The SMILES string of the molecule is CNc1ccc(COc2cc(Cl)c(Br)cc2Cl)cn1. The maximum atomic E-state index is 6.08. The molecule has 0 aliphatic carbocycles. The summed E-state index contributed by atoms with van der Waals surface area (Å²) in [5, 5.41) is 4.02. The minimum atomic E-state index is 0.384. The van der Waals surface area contributed by atoms with Crippen LogP contribution in [0.2, 0.25) is 10.0 Å². The van der Waals surface area contributed by atoms with E-state index in [1.165, 1.54) is 0 Å². The fourth-order valence-corrected chi connectivity index (χ4v) is 2.28. The molecule has 0 spiro atoms. The van der Waals surface area contributed by atoms with Crippen LogP contribution >= 0.6 is 39.1 Å². The van der Waals surface area contributed by atoms with Crippen molar-refractivity contribution in [3.05, 3.63) is 50.5 Å². The summed E-state index contributed by atoms with van der Waals surface area (Å²) in [5.41, 5.74) is 0.953. The zero-order valence-electron chi connectivity index (χ0n) is 10.1. The highest BCUT2D eigenvalue weighted by Crippen LogP contribution is 2.34. The summed E-state index contributed by atoms with van der Waals surface area (Å²) >= 11 is 15.4. The van der Waals surface area contributed by atoms with Crippen molar-refractivity contribution < 1.29 is 4.74 Å². The summed E-state index contributed by atoms with van der Waals surface area (Å²) in [7, 11) is 1.82. The van der Waals surface area contributed by atoms with Crippen molar-refractivity contribution in [2.24, 2.45) is 0 Å². The highest BCUT2D eigenvalue weighted by Gasteiger charge is 2.07. The summed E-state index contributed by atoms with van der Waals surface area (Å²) in [6, 6.07) is 7.22. The molecule has 0 saturated heterocycles. The van der Waals surface area contributed by atoms with Crippen LogP contribution in [0.15, 0.2) is 34.9 Å². The lowest BCUT2D eigenvalue weighted by Gasteiger charge is -2.09. The molecule has 0 aliphatic heterocycles. The maximum absolute atomic E-state index is 6.08. The Kier molecular flexibility index (Phi) is 4.91. The van der Waals surface area contributed by atoms with Gasteiger partial charge in [0.1, 0.15) is 18.2 Å². The molecular weight excluding hydrogens is 351 g/mol. The first-order chi connectivity index (χ1) is 9.10. The number of halogens is 3. The predicted molar refractivity (Wildman–Crippen MR) is 82.3 cm³/mol. The number of nitrogens with zero attached hydrogens (tertiary/aromatic N) is 1. The molecule has 1 aromatic carbocycles. The van der Waals surface area contributed by atoms with E-state index in [9.17, 15) is 0 Å². The van der Waals surface area contributed by atoms with E-state index in [1.807, 2.05) is 19.2 Å². The van der Waals surface area contributed by atoms with Crippen LogP contribution in [0.25, 0.3) is 0 Å². The summed E-state index contributed by atoms with van der Waals surface area (Å²) in [6.45, 7) is 0.384. The molecule has 1 heterocycles. The third-order valence-electron chi connectivity index (χ3n) is 2.45. The van der Waals surface area contributed by atoms with Gasteiger partial charge in [0.15, 0.2) is 0 Å². The Labute approximate surface area is 130 Å². The van der Waals surface area contributed by atoms with Crippen LogP contribution < -0.4 is 10.1 Å². The van der Waals surface area contributed by atoms with Crippen LogP contribution in [0.5, 0.6) is 5.75 Å². The molecule has 1 N–H and O–H groups in total. The second-order valence-corrected chi connectivity index (χ2v) is 5.46. The molecule has 3 nitrogen and oxygen atoms in total. The molecular formula is C13H11BrCl2N2O. The molecule has 6 heteroatoms. The van der Waals surface area contributed by atoms with E-state index in [-0.39, 0.29) is 0 Å². The van der Waals surface area contributed by atoms with Gasteiger partial charge in [-0.15, -0.1) is 0 Å². The van der Waals surface area contributed by atoms with Gasteiger partial charge in [-0.25, -0.2) is 4.98 Å². The van der Waals surface area contributed by atoms with Gasteiger partial charge >= 0.3 is 0 Å². The molecule has 0 atom stereocenters. The molecule has 0 saturated carbocycles. The standard InChI is InChI=1S/C13H11BrCl2N2O/c1-17-13-3-2-8(6-18-13)7-19-12-5-10(15)9(14)4-11(12)16/h2-6H,7H2,1H3,(H,17,18). The molecule has 0 fully saturated rings. The fraction of sp³-hybridized carbons (Fsp3) is 0.154. The Morgan fingerprint density at radius 1 is 1.26 bits per heavy atom. The zero-order chi connectivity index (χ0) is 13.8. The van der Waals surface area contributed by atoms with E-state index in [1.54, 1.807) is 18.3 Å². The Morgan fingerprint density at radius 2 is 2.05 bits per heavy atom. The number of pyridine rings is 1. The van der Waals surface area contributed by atoms with Crippen LogP contribution in [-0.4, -0.2) is 12.0 Å². The molecule has 19 heavy (non-hydrogen) atoms. The quantitative estimate of drug-likeness (QED) is 0.796. The molecule has 2 aromatic rings. The van der Waals surface area contributed by atoms with Gasteiger partial charge in [-0.2, -0.15) is 0 Å². The van der Waals surface area contributed by atoms with E-state index in [0.717, 1.165) is 15.9 Å². The topological polar surface area (TPSA) is 34.1 Å². The average Bonchev–Trinajstić information content (AvgIpc) is 2.42. The molecule has 0 unspecified atom stereocenters. The summed E-state index contributed by atoms with van der Waals surface area (Å²) in [6.07, 6.45) is 1.75. The monoisotopic (exact) mass is 360 g/mol. The molecule has 0 aliphatic rings. The molecule has 0 amide bonds. The van der Waals surface area contributed by atoms with E-state index in [2.05, 4.69) is 26.2 Å². The first-order valence-electron chi connectivity index (χ1n) is 5.50. The van der Waals surface area contributed by atoms with Crippen molar-refractivity contribution in [3.8, 4) is 5.75 Å². The fourth-order valence-electron chi connectivity index (χ4n) is 1.43. The van der Waals surface area contributed by atoms with Gasteiger partial charge < -0.3 is 10.1 Å². The van der Waals surface area contributed by atoms with Crippen molar-refractivity contribution in [2.75, 3.05) is 12.4 Å². The third kappa shape index (κ3) is 3.75. The van der Waals surface area contributed by atoms with E-state index < -0.39 is 0 Å². The van der Waals surface area contributed by atoms with Crippen LogP contribution in [0.4, 0.5) is 5.82 Å². The van der Waals surface area contributed by atoms with Gasteiger partial charge in [0.25, 0.3) is 0 Å². The lowest BCUT2D eigenvalue weighted by molar-refractivity contribution is 0.306. The Balaban J connectivity index is 2.07.